The Balaban J connectivity index is 1.31. The number of rotatable bonds is 9. The number of hydrogen-bond acceptors (Lipinski definition) is 7. The highest BCUT2D eigenvalue weighted by Crippen LogP contribution is 2.38. The molecule has 0 radical (unpaired) electrons. The standard InChI is InChI=1S/C33H32N2O6S2/c1-3-41-33(40)28-23-14-5-4-6-17-26(23)43-31(28)35-29(36)19(2)42-22-13-9-12-21(18-22)34-30(37)24-15-7-10-20-11-8-16-25(27(20)24)32(38)39/h7-13,15-16,18-19H,3-6,14,17H2,1-2H3,(H,34,37)(H,35,36)(H,38,39). The van der Waals surface area contributed by atoms with E-state index in [1.165, 1.54) is 29.2 Å². The Hall–Kier alpha value is -4.15. The van der Waals surface area contributed by atoms with Gasteiger partial charge in [-0.15, -0.1) is 23.1 Å². The number of thiophene rings is 1. The van der Waals surface area contributed by atoms with Gasteiger partial charge in [-0.3, -0.25) is 9.59 Å². The topological polar surface area (TPSA) is 122 Å². The highest BCUT2D eigenvalue weighted by molar-refractivity contribution is 8.00. The fourth-order valence-corrected chi connectivity index (χ4v) is 7.48. The van der Waals surface area contributed by atoms with Crippen LogP contribution in [0, 0.1) is 0 Å². The number of carboxylic acids is 1. The maximum atomic E-state index is 13.3. The summed E-state index contributed by atoms with van der Waals surface area (Å²) >= 11 is 2.79. The van der Waals surface area contributed by atoms with E-state index in [-0.39, 0.29) is 23.6 Å². The molecule has 4 aromatic rings. The van der Waals surface area contributed by atoms with Gasteiger partial charge in [0.15, 0.2) is 0 Å². The smallest absolute Gasteiger partial charge is 0.341 e. The number of anilines is 2. The van der Waals surface area contributed by atoms with Crippen molar-refractivity contribution < 1.29 is 29.0 Å². The molecule has 10 heteroatoms. The van der Waals surface area contributed by atoms with Crippen LogP contribution in [0.1, 0.15) is 74.6 Å². The highest BCUT2D eigenvalue weighted by atomic mass is 32.2. The van der Waals surface area contributed by atoms with Gasteiger partial charge in [0.1, 0.15) is 5.00 Å². The van der Waals surface area contributed by atoms with Gasteiger partial charge in [-0.05, 0) is 80.8 Å². The number of carbonyl (C=O) groups is 4. The molecule has 0 saturated heterocycles. The van der Waals surface area contributed by atoms with Crippen molar-refractivity contribution in [3.63, 3.8) is 0 Å². The summed E-state index contributed by atoms with van der Waals surface area (Å²) in [7, 11) is 0. The van der Waals surface area contributed by atoms with E-state index in [0.717, 1.165) is 47.4 Å². The van der Waals surface area contributed by atoms with Crippen molar-refractivity contribution in [3.8, 4) is 0 Å². The first kappa shape index (κ1) is 30.3. The third-order valence-corrected chi connectivity index (χ3v) is 9.59. The second-order valence-electron chi connectivity index (χ2n) is 10.2. The van der Waals surface area contributed by atoms with Gasteiger partial charge in [0, 0.05) is 26.4 Å². The quantitative estimate of drug-likeness (QED) is 0.102. The number of aryl methyl sites for hydroxylation is 1. The lowest BCUT2D eigenvalue weighted by Gasteiger charge is -2.14. The monoisotopic (exact) mass is 616 g/mol. The summed E-state index contributed by atoms with van der Waals surface area (Å²) in [6, 6.07) is 17.1. The summed E-state index contributed by atoms with van der Waals surface area (Å²) < 4.78 is 5.34. The number of thioether (sulfide) groups is 1. The molecular weight excluding hydrogens is 585 g/mol. The predicted octanol–water partition coefficient (Wildman–Crippen LogP) is 7.42. The summed E-state index contributed by atoms with van der Waals surface area (Å²) in [6.07, 6.45) is 4.87. The minimum absolute atomic E-state index is 0.0562. The van der Waals surface area contributed by atoms with Crippen LogP contribution in [-0.2, 0) is 22.4 Å². The fraction of sp³-hybridized carbons (Fsp3) is 0.273. The molecule has 222 valence electrons. The Kier molecular flexibility index (Phi) is 9.47. The van der Waals surface area contributed by atoms with Crippen LogP contribution < -0.4 is 10.6 Å². The van der Waals surface area contributed by atoms with Gasteiger partial charge in [0.25, 0.3) is 5.91 Å². The van der Waals surface area contributed by atoms with Crippen molar-refractivity contribution >= 4 is 68.3 Å². The van der Waals surface area contributed by atoms with Crippen molar-refractivity contribution in [2.24, 2.45) is 0 Å². The number of amides is 2. The zero-order valence-electron chi connectivity index (χ0n) is 23.9. The molecular formula is C33H32N2O6S2. The third kappa shape index (κ3) is 6.76. The van der Waals surface area contributed by atoms with E-state index in [0.29, 0.717) is 27.0 Å². The highest BCUT2D eigenvalue weighted by Gasteiger charge is 2.28. The van der Waals surface area contributed by atoms with Crippen LogP contribution in [0.25, 0.3) is 10.8 Å². The molecule has 2 amide bonds. The van der Waals surface area contributed by atoms with Crippen LogP contribution in [0.15, 0.2) is 65.6 Å². The average molecular weight is 617 g/mol. The van der Waals surface area contributed by atoms with Crippen molar-refractivity contribution in [1.82, 2.24) is 0 Å². The molecule has 0 bridgehead atoms. The van der Waals surface area contributed by atoms with Crippen molar-refractivity contribution in [1.29, 1.82) is 0 Å². The van der Waals surface area contributed by atoms with Crippen LogP contribution in [-0.4, -0.2) is 40.7 Å². The number of esters is 1. The molecule has 1 atom stereocenters. The summed E-state index contributed by atoms with van der Waals surface area (Å²) in [5, 5.41) is 16.6. The third-order valence-electron chi connectivity index (χ3n) is 7.29. The van der Waals surface area contributed by atoms with Gasteiger partial charge in [0.05, 0.1) is 23.0 Å². The molecule has 43 heavy (non-hydrogen) atoms. The average Bonchev–Trinajstić information content (AvgIpc) is 3.16. The first-order valence-corrected chi connectivity index (χ1v) is 15.9. The number of aromatic carboxylic acids is 1. The molecule has 0 fully saturated rings. The molecule has 1 aliphatic carbocycles. The minimum atomic E-state index is -1.11. The van der Waals surface area contributed by atoms with Gasteiger partial charge in [0.2, 0.25) is 5.91 Å². The molecule has 0 aliphatic heterocycles. The molecule has 3 N–H and O–H groups in total. The van der Waals surface area contributed by atoms with Crippen LogP contribution >= 0.6 is 23.1 Å². The van der Waals surface area contributed by atoms with E-state index in [2.05, 4.69) is 10.6 Å². The number of benzene rings is 3. The molecule has 3 aromatic carbocycles. The molecule has 1 aromatic heterocycles. The Labute approximate surface area is 257 Å². The lowest BCUT2D eigenvalue weighted by molar-refractivity contribution is -0.115. The maximum Gasteiger partial charge on any atom is 0.341 e. The van der Waals surface area contributed by atoms with Crippen molar-refractivity contribution in [2.45, 2.75) is 56.1 Å². The number of carboxylic acid groups (broad SMARTS) is 1. The van der Waals surface area contributed by atoms with Crippen LogP contribution in [0.4, 0.5) is 10.7 Å². The van der Waals surface area contributed by atoms with Gasteiger partial charge >= 0.3 is 11.9 Å². The van der Waals surface area contributed by atoms with E-state index in [4.69, 9.17) is 4.74 Å². The Morgan fingerprint density at radius 3 is 2.42 bits per heavy atom. The summed E-state index contributed by atoms with van der Waals surface area (Å²) in [5.74, 6) is -2.18. The molecule has 5 rings (SSSR count). The van der Waals surface area contributed by atoms with Gasteiger partial charge in [-0.2, -0.15) is 0 Å². The Morgan fingerprint density at radius 1 is 0.953 bits per heavy atom. The number of hydrogen-bond donors (Lipinski definition) is 3. The molecule has 8 nitrogen and oxygen atoms in total. The van der Waals surface area contributed by atoms with E-state index in [1.807, 2.05) is 6.07 Å². The van der Waals surface area contributed by atoms with Crippen molar-refractivity contribution in [2.75, 3.05) is 17.2 Å². The second-order valence-corrected chi connectivity index (χ2v) is 12.8. The zero-order valence-corrected chi connectivity index (χ0v) is 25.5. The number of nitrogens with one attached hydrogen (secondary N) is 2. The Morgan fingerprint density at radius 2 is 1.67 bits per heavy atom. The number of fused-ring (bicyclic) bond motifs is 2. The predicted molar refractivity (Wildman–Crippen MR) is 171 cm³/mol. The fourth-order valence-electron chi connectivity index (χ4n) is 5.28. The van der Waals surface area contributed by atoms with E-state index >= 15 is 0 Å². The molecule has 0 saturated carbocycles. The zero-order chi connectivity index (χ0) is 30.5. The van der Waals surface area contributed by atoms with Crippen molar-refractivity contribution in [3.05, 3.63) is 87.8 Å². The molecule has 1 aliphatic rings. The van der Waals surface area contributed by atoms with E-state index in [9.17, 15) is 24.3 Å². The molecule has 0 spiro atoms. The van der Waals surface area contributed by atoms with Gasteiger partial charge in [-0.1, -0.05) is 36.8 Å². The van der Waals surface area contributed by atoms with E-state index < -0.39 is 23.1 Å². The Bertz CT molecular complexity index is 1710. The van der Waals surface area contributed by atoms with E-state index in [1.54, 1.807) is 62.4 Å². The summed E-state index contributed by atoms with van der Waals surface area (Å²) in [5.41, 5.74) is 2.31. The molecule has 1 heterocycles. The van der Waals surface area contributed by atoms with Crippen LogP contribution in [0.3, 0.4) is 0 Å². The molecule has 1 unspecified atom stereocenters. The van der Waals surface area contributed by atoms with Gasteiger partial charge < -0.3 is 20.5 Å². The normalized spacial score (nSPS) is 13.4. The number of ether oxygens (including phenoxy) is 1. The lowest BCUT2D eigenvalue weighted by Crippen LogP contribution is -2.23. The number of carbonyl (C=O) groups excluding carboxylic acids is 3. The summed E-state index contributed by atoms with van der Waals surface area (Å²) in [6.45, 7) is 3.82. The summed E-state index contributed by atoms with van der Waals surface area (Å²) in [4.78, 5) is 53.2. The first-order chi connectivity index (χ1) is 20.8. The second kappa shape index (κ2) is 13.4. The van der Waals surface area contributed by atoms with Crippen LogP contribution in [0.2, 0.25) is 0 Å². The largest absolute Gasteiger partial charge is 0.478 e. The van der Waals surface area contributed by atoms with Crippen LogP contribution in [0.5, 0.6) is 0 Å². The van der Waals surface area contributed by atoms with Gasteiger partial charge in [-0.25, -0.2) is 9.59 Å². The first-order valence-electron chi connectivity index (χ1n) is 14.2. The maximum absolute atomic E-state index is 13.3. The lowest BCUT2D eigenvalue weighted by atomic mass is 9.98. The minimum Gasteiger partial charge on any atom is -0.478 e. The SMILES string of the molecule is CCOC(=O)c1c(NC(=O)C(C)Sc2cccc(NC(=O)c3cccc4cccc(C(=O)O)c34)c2)sc2c1CCCCC2.